The molecule has 3 saturated carbocycles. The number of carbonyl (C=O) groups excluding carboxylic acids is 1. The molecule has 0 heterocycles. The van der Waals surface area contributed by atoms with Gasteiger partial charge in [0.2, 0.25) is 0 Å². The molecule has 2 atom stereocenters. The van der Waals surface area contributed by atoms with E-state index in [1.54, 1.807) is 12.1 Å². The van der Waals surface area contributed by atoms with Gasteiger partial charge in [0.1, 0.15) is 11.6 Å². The van der Waals surface area contributed by atoms with E-state index in [1.165, 1.54) is 6.07 Å². The number of aliphatic hydroxyl groups excluding tert-OH is 1. The Hall–Kier alpha value is -2.13. The lowest BCUT2D eigenvalue weighted by Crippen LogP contribution is -2.41. The number of hydrogen-bond acceptors (Lipinski definition) is 2. The number of fused-ring (bicyclic) bond motifs is 2. The number of Topliss-reactive ketones (excluding diaryl/α,β-unsaturated/α-hetero) is 1. The lowest BCUT2D eigenvalue weighted by molar-refractivity contribution is -0.123. The first-order valence-electron chi connectivity index (χ1n) is 10.6. The second-order valence-electron chi connectivity index (χ2n) is 8.70. The topological polar surface area (TPSA) is 37.3 Å². The number of benzene rings is 2. The summed E-state index contributed by atoms with van der Waals surface area (Å²) in [6, 6.07) is 10.3. The normalized spacial score (nSPS) is 28.2. The molecule has 4 aliphatic carbocycles. The molecule has 4 heteroatoms. The van der Waals surface area contributed by atoms with E-state index in [-0.39, 0.29) is 23.4 Å². The maximum absolute atomic E-state index is 14.5. The van der Waals surface area contributed by atoms with Gasteiger partial charge >= 0.3 is 0 Å². The van der Waals surface area contributed by atoms with Gasteiger partial charge in [-0.05, 0) is 84.9 Å². The molecular weight excluding hydrogens is 387 g/mol. The summed E-state index contributed by atoms with van der Waals surface area (Å²) in [5.41, 5.74) is 3.38. The van der Waals surface area contributed by atoms with Crippen LogP contribution in [0.15, 0.2) is 42.2 Å². The Bertz CT molecular complexity index is 1030. The van der Waals surface area contributed by atoms with Crippen molar-refractivity contribution in [1.82, 2.24) is 0 Å². The summed E-state index contributed by atoms with van der Waals surface area (Å²) in [5.74, 6) is 0.676. The molecule has 0 unspecified atom stereocenters. The minimum atomic E-state index is -0.393. The summed E-state index contributed by atoms with van der Waals surface area (Å²) in [7, 11) is 0. The van der Waals surface area contributed by atoms with E-state index in [9.17, 15) is 14.3 Å². The minimum absolute atomic E-state index is 0.0226. The van der Waals surface area contributed by atoms with E-state index >= 15 is 0 Å². The Morgan fingerprint density at radius 1 is 1.00 bits per heavy atom. The smallest absolute Gasteiger partial charge is 0.170 e. The molecule has 6 rings (SSSR count). The Balaban J connectivity index is 1.64. The maximum Gasteiger partial charge on any atom is 0.170 e. The summed E-state index contributed by atoms with van der Waals surface area (Å²) >= 11 is 5.90. The first-order chi connectivity index (χ1) is 14.0. The van der Waals surface area contributed by atoms with Crippen LogP contribution < -0.4 is 0 Å². The van der Waals surface area contributed by atoms with Crippen LogP contribution in [-0.4, -0.2) is 10.9 Å². The number of aryl methyl sites for hydroxylation is 1. The van der Waals surface area contributed by atoms with Crippen LogP contribution in [0.5, 0.6) is 0 Å². The van der Waals surface area contributed by atoms with Crippen LogP contribution in [0.4, 0.5) is 4.39 Å². The van der Waals surface area contributed by atoms with Crippen molar-refractivity contribution in [2.45, 2.75) is 39.0 Å². The fourth-order valence-electron chi connectivity index (χ4n) is 5.96. The molecular formula is C25H24ClFO2. The third-order valence-electron chi connectivity index (χ3n) is 7.34. The molecule has 2 bridgehead atoms. The second-order valence-corrected chi connectivity index (χ2v) is 9.14. The molecule has 4 aliphatic rings. The summed E-state index contributed by atoms with van der Waals surface area (Å²) in [6.07, 6.45) is 5.13. The van der Waals surface area contributed by atoms with Crippen LogP contribution >= 0.6 is 11.6 Å². The van der Waals surface area contributed by atoms with Gasteiger partial charge in [-0.2, -0.15) is 0 Å². The highest BCUT2D eigenvalue weighted by atomic mass is 35.5. The number of hydrogen-bond donors (Lipinski definition) is 1. The Morgan fingerprint density at radius 2 is 1.69 bits per heavy atom. The zero-order chi connectivity index (χ0) is 20.3. The van der Waals surface area contributed by atoms with Crippen molar-refractivity contribution in [3.8, 4) is 11.1 Å². The van der Waals surface area contributed by atoms with Crippen molar-refractivity contribution in [1.29, 1.82) is 0 Å². The summed E-state index contributed by atoms with van der Waals surface area (Å²) in [5, 5.41) is 11.5. The van der Waals surface area contributed by atoms with Crippen molar-refractivity contribution < 1.29 is 14.3 Å². The second kappa shape index (κ2) is 6.98. The third kappa shape index (κ3) is 2.85. The Morgan fingerprint density at radius 3 is 2.31 bits per heavy atom. The maximum atomic E-state index is 14.5. The van der Waals surface area contributed by atoms with Gasteiger partial charge in [-0.25, -0.2) is 4.39 Å². The van der Waals surface area contributed by atoms with E-state index in [0.29, 0.717) is 33.6 Å². The van der Waals surface area contributed by atoms with E-state index in [1.807, 2.05) is 25.1 Å². The van der Waals surface area contributed by atoms with E-state index in [2.05, 4.69) is 0 Å². The van der Waals surface area contributed by atoms with Gasteiger partial charge in [0.15, 0.2) is 5.78 Å². The first-order valence-corrected chi connectivity index (χ1v) is 10.9. The van der Waals surface area contributed by atoms with Gasteiger partial charge in [0.25, 0.3) is 0 Å². The number of rotatable bonds is 3. The monoisotopic (exact) mass is 410 g/mol. The van der Waals surface area contributed by atoms with Gasteiger partial charge in [0, 0.05) is 22.4 Å². The number of aliphatic hydroxyl groups is 1. The molecule has 0 aromatic heterocycles. The summed E-state index contributed by atoms with van der Waals surface area (Å²) < 4.78 is 14.5. The predicted molar refractivity (Wildman–Crippen MR) is 113 cm³/mol. The van der Waals surface area contributed by atoms with Gasteiger partial charge < -0.3 is 5.11 Å². The molecule has 0 aliphatic heterocycles. The van der Waals surface area contributed by atoms with Crippen molar-refractivity contribution in [3.05, 3.63) is 64.1 Å². The lowest BCUT2D eigenvalue weighted by Gasteiger charge is -2.44. The van der Waals surface area contributed by atoms with Crippen LogP contribution in [0.2, 0.25) is 5.02 Å². The minimum Gasteiger partial charge on any atom is -0.511 e. The van der Waals surface area contributed by atoms with Crippen LogP contribution in [0, 0.1) is 29.5 Å². The number of allylic oxidation sites excluding steroid dienone is 2. The van der Waals surface area contributed by atoms with Crippen LogP contribution in [-0.2, 0) is 11.2 Å². The van der Waals surface area contributed by atoms with Crippen molar-refractivity contribution in [3.63, 3.8) is 0 Å². The zero-order valence-electron chi connectivity index (χ0n) is 16.4. The van der Waals surface area contributed by atoms with Crippen LogP contribution in [0.3, 0.4) is 0 Å². The molecule has 0 amide bonds. The van der Waals surface area contributed by atoms with Gasteiger partial charge in [-0.3, -0.25) is 4.79 Å². The van der Waals surface area contributed by atoms with Gasteiger partial charge in [-0.15, -0.1) is 0 Å². The highest BCUT2D eigenvalue weighted by molar-refractivity contribution is 6.30. The number of ketones is 1. The average molecular weight is 411 g/mol. The average Bonchev–Trinajstić information content (AvgIpc) is 3.01. The number of carbonyl (C=O) groups is 1. The predicted octanol–water partition coefficient (Wildman–Crippen LogP) is 6.61. The van der Waals surface area contributed by atoms with Crippen molar-refractivity contribution in [2.75, 3.05) is 0 Å². The SMILES string of the molecule is CCc1ccc(-c2ccc(Cl)cc2F)cc1C1=C(O)[C@H]2C3CCC(CC3)[C@H]2C1=O. The van der Waals surface area contributed by atoms with Crippen LogP contribution in [0.25, 0.3) is 16.7 Å². The molecule has 1 N–H and O–H groups in total. The molecule has 29 heavy (non-hydrogen) atoms. The molecule has 2 nitrogen and oxygen atoms in total. The fourth-order valence-corrected chi connectivity index (χ4v) is 6.12. The fraction of sp³-hybridized carbons (Fsp3) is 0.400. The molecule has 150 valence electrons. The van der Waals surface area contributed by atoms with E-state index in [4.69, 9.17) is 11.6 Å². The molecule has 3 fully saturated rings. The molecule has 2 aromatic rings. The molecule has 0 radical (unpaired) electrons. The third-order valence-corrected chi connectivity index (χ3v) is 7.58. The Labute approximate surface area is 175 Å². The lowest BCUT2D eigenvalue weighted by atomic mass is 9.59. The Kier molecular flexibility index (Phi) is 4.54. The summed E-state index contributed by atoms with van der Waals surface area (Å²) in [4.78, 5) is 13.5. The summed E-state index contributed by atoms with van der Waals surface area (Å²) in [6.45, 7) is 2.04. The highest BCUT2D eigenvalue weighted by Gasteiger charge is 2.54. The highest BCUT2D eigenvalue weighted by Crippen LogP contribution is 2.57. The largest absolute Gasteiger partial charge is 0.511 e. The molecule has 0 saturated heterocycles. The zero-order valence-corrected chi connectivity index (χ0v) is 17.2. The van der Waals surface area contributed by atoms with E-state index in [0.717, 1.165) is 43.2 Å². The van der Waals surface area contributed by atoms with E-state index < -0.39 is 5.82 Å². The molecule has 0 spiro atoms. The molecule has 2 aromatic carbocycles. The quantitative estimate of drug-likeness (QED) is 0.617. The van der Waals surface area contributed by atoms with Crippen molar-refractivity contribution in [2.24, 2.45) is 23.7 Å². The van der Waals surface area contributed by atoms with Gasteiger partial charge in [0.05, 0.1) is 5.57 Å². The van der Waals surface area contributed by atoms with Gasteiger partial charge in [-0.1, -0.05) is 30.7 Å². The standard InChI is InChI=1S/C25H24ClFO2/c1-2-13-3-8-16(18-10-9-17(26)12-20(18)27)11-19(13)23-24(28)21-14-4-5-15(7-6-14)22(21)25(23)29/h3,8-12,14-15,21-22,28H,2,4-7H2,1H3/t14?,15?,21-,22+/m0/s1. The van der Waals surface area contributed by atoms with Crippen LogP contribution in [0.1, 0.15) is 43.7 Å². The number of halogens is 2. The first kappa shape index (κ1) is 18.9. The van der Waals surface area contributed by atoms with Crippen molar-refractivity contribution >= 4 is 23.0 Å².